The van der Waals surface area contributed by atoms with Crippen molar-refractivity contribution in [3.05, 3.63) is 116 Å². The molecule has 10 heterocycles. The predicted octanol–water partition coefficient (Wildman–Crippen LogP) is 17.4. The molecule has 10 aliphatic rings. The Kier molecular flexibility index (Phi) is 9.08. The van der Waals surface area contributed by atoms with Crippen molar-refractivity contribution in [2.75, 3.05) is 135 Å². The van der Waals surface area contributed by atoms with Crippen molar-refractivity contribution in [3.63, 3.8) is 0 Å². The molecular weight excluding hydrogens is 1490 g/mol. The molecule has 0 saturated carbocycles. The maximum atomic E-state index is 14.2. The van der Waals surface area contributed by atoms with Gasteiger partial charge in [-0.25, -0.2) is 0 Å². The summed E-state index contributed by atoms with van der Waals surface area (Å²) in [6, 6.07) is -32.8. The van der Waals surface area contributed by atoms with Gasteiger partial charge >= 0.3 is 0 Å². The van der Waals surface area contributed by atoms with Gasteiger partial charge in [0.1, 0.15) is 28.9 Å². The number of hydrogen-bond acceptors (Lipinski definition) is 20. The highest BCUT2D eigenvalue weighted by Crippen LogP contribution is 2.49. The summed E-state index contributed by atoms with van der Waals surface area (Å²) in [6.45, 7) is -41.3. The smallest absolute Gasteiger partial charge is 0.161 e. The molecule has 10 aliphatic heterocycles. The van der Waals surface area contributed by atoms with Gasteiger partial charge in [0.15, 0.2) is 57.5 Å². The lowest BCUT2D eigenvalue weighted by atomic mass is 9.79. The lowest BCUT2D eigenvalue weighted by Gasteiger charge is -2.43. The largest absolute Gasteiger partial charge is 0.493 e. The monoisotopic (exact) mass is 1730 g/mol. The number of piperidine rings is 5. The number of carbonyl (C=O) groups excluding carboxylic acids is 5. The Morgan fingerprint density at radius 2 is 0.644 bits per heavy atom. The molecule has 0 aliphatic carbocycles. The highest BCUT2D eigenvalue weighted by molar-refractivity contribution is 5.86. The molecule has 0 N–H and O–H groups in total. The van der Waals surface area contributed by atoms with E-state index in [2.05, 4.69) is 28.4 Å². The molecule has 5 aromatic rings. The van der Waals surface area contributed by atoms with Gasteiger partial charge in [-0.2, -0.15) is 0 Å². The summed E-state index contributed by atoms with van der Waals surface area (Å²) in [4.78, 5) is 67.4. The van der Waals surface area contributed by atoms with E-state index in [-0.39, 0.29) is 31.9 Å². The van der Waals surface area contributed by atoms with E-state index in [1.807, 2.05) is 0 Å². The molecule has 0 spiro atoms. The minimum Gasteiger partial charge on any atom is -0.493 e. The number of ketones is 5. The van der Waals surface area contributed by atoms with Crippen molar-refractivity contribution < 1.29 is 217 Å². The molecule has 20 heteroatoms. The Balaban J connectivity index is 0.000000255. The van der Waals surface area contributed by atoms with Crippen LogP contribution in [0.4, 0.5) is 0 Å². The summed E-state index contributed by atoms with van der Waals surface area (Å²) < 4.78 is 921. The molecule has 5 aromatic carbocycles. The quantitative estimate of drug-likeness (QED) is 0.0598. The van der Waals surface area contributed by atoms with Crippen molar-refractivity contribution in [2.24, 2.45) is 59.0 Å². The average Bonchev–Trinajstić information content (AvgIpc) is 0.626. The first kappa shape index (κ1) is 25.7. The normalized spacial score (nSPS) is 53.0. The Bertz CT molecular complexity index is 9340. The SMILES string of the molecule is [2H]c1c(OC([2H])([2H])[2H])c(OC([2H])([2H])[2H])c([2H])c2c1C([2H])([2H])C([2H])([2H])N1C([2H])([2H])C([2H])(C([2H])([2H])C([2H])(C([2H])([2H])[2H])C([2H])([2H])C)C(=O)C([2H])([2H])C21[2H].[2H]c1c(OC([2H])([2H])[2H])c(OC([2H])([2H])[2H])c([2H])c2c1C([2H])([2H])C([2H])([2H])N1C([2H])([2H])C([2H])(CC(C)C)C(=O)C([2H])([2H])C21[2H].[2H]c1c(OC([2H])([2H])[2H])c(OC([2H])([2H])[2H])c([2H])c2c1C([2H])([2H])C([2H])([2H])N1CC([2H])(C([2H])([2H])C([2H])(C([2H])([2H])[2H])C([2H])([2H])C)C(=O)C([2H])([2H])C21[2H].[2H]c1c(OC([2H])([2H])[2H])c(OC([2H])([2H])[2H])c([2H])c2c1C1([2H])CC(=O)C(C([2H])([2H])C([2H])(C([2H])([2H])[2H])C([2H])([2H])C)C([2H])([2H])N1C([2H])([2H])C2([2H])[2H].[2H]c1c(OC([2H])([2H])[2H])c(OC([2H])([2H])[2H])c([2H])c2c1C1([2H])CC(=O)C(CC(C)C)C([2H])([2H])N1C([2H])([2H])C2([2H])[2H]. The molecule has 648 valence electrons. The highest BCUT2D eigenvalue weighted by atomic mass is 16.5. The van der Waals surface area contributed by atoms with Crippen LogP contribution in [0.5, 0.6) is 57.5 Å². The number of fused-ring (bicyclic) bond motifs is 15. The van der Waals surface area contributed by atoms with Crippen LogP contribution >= 0.6 is 0 Å². The molecule has 20 nitrogen and oxygen atoms in total. The minimum atomic E-state index is -4.79. The van der Waals surface area contributed by atoms with E-state index in [4.69, 9.17) is 157 Å². The number of nitrogens with zero attached hydrogens (tertiary/aromatic N) is 5. The van der Waals surface area contributed by atoms with E-state index in [0.29, 0.717) is 20.8 Å². The summed E-state index contributed by atoms with van der Waals surface area (Å²) in [5.74, 6) is -53.3. The number of hydrogen-bond donors (Lipinski definition) is 0. The second kappa shape index (κ2) is 41.7. The van der Waals surface area contributed by atoms with Crippen LogP contribution in [0.1, 0.15) is 383 Å². The fraction of sp³-hybridized carbons (Fsp3) is 0.643. The van der Waals surface area contributed by atoms with Gasteiger partial charge < -0.3 is 47.4 Å². The Labute approximate surface area is 854 Å². The molecule has 15 rings (SSSR count). The van der Waals surface area contributed by atoms with Gasteiger partial charge in [0.25, 0.3) is 0 Å². The predicted molar refractivity (Wildman–Crippen MR) is 465 cm³/mol. The number of ether oxygens (including phenoxy) is 10. The molecule has 5 fully saturated rings. The van der Waals surface area contributed by atoms with Crippen molar-refractivity contribution >= 4 is 28.9 Å². The van der Waals surface area contributed by atoms with Crippen LogP contribution in [0, 0.1) is 59.0 Å². The molecule has 118 heavy (non-hydrogen) atoms. The van der Waals surface area contributed by atoms with Gasteiger partial charge in [-0.05, 0) is 209 Å². The van der Waals surface area contributed by atoms with Crippen LogP contribution in [0.3, 0.4) is 0 Å². The molecular formula is C98H141N5O15. The summed E-state index contributed by atoms with van der Waals surface area (Å²) in [7, 11) is -35.0. The highest BCUT2D eigenvalue weighted by Gasteiger charge is 2.45. The first-order valence-corrected chi connectivity index (χ1v) is 33.9. The first-order chi connectivity index (χ1) is 97.4. The van der Waals surface area contributed by atoms with Gasteiger partial charge in [-0.1, -0.05) is 88.1 Å². The minimum absolute atomic E-state index is 0.0550. The fourth-order valence-electron chi connectivity index (χ4n) is 11.4. The number of rotatable bonds is 23. The Hall–Kier alpha value is -7.75. The van der Waals surface area contributed by atoms with E-state index < -0.39 is 555 Å². The third-order valence-corrected chi connectivity index (χ3v) is 16.8. The Morgan fingerprint density at radius 1 is 0.364 bits per heavy atom. The number of benzene rings is 5. The van der Waals surface area contributed by atoms with E-state index in [1.54, 1.807) is 13.8 Å². The first-order valence-electron chi connectivity index (χ1n) is 86.9. The fourth-order valence-corrected chi connectivity index (χ4v) is 11.4. The average molecular weight is 1740 g/mol. The zero-order chi connectivity index (χ0) is 178. The van der Waals surface area contributed by atoms with E-state index in [0.717, 1.165) is 0 Å². The lowest BCUT2D eigenvalue weighted by Crippen LogP contribution is -2.46. The van der Waals surface area contributed by atoms with Gasteiger partial charge in [-0.15, -0.1) is 0 Å². The lowest BCUT2D eigenvalue weighted by molar-refractivity contribution is -0.130. The summed E-state index contributed by atoms with van der Waals surface area (Å²) >= 11 is 0. The summed E-state index contributed by atoms with van der Waals surface area (Å²) in [5, 5.41) is 0. The third-order valence-electron chi connectivity index (χ3n) is 16.8. The van der Waals surface area contributed by atoms with Gasteiger partial charge in [0, 0.05) is 240 Å². The van der Waals surface area contributed by atoms with Crippen LogP contribution < -0.4 is 47.4 Å². The summed E-state index contributed by atoms with van der Waals surface area (Å²) in [5.41, 5.74) is -13.6. The topological polar surface area (TPSA) is 194 Å². The van der Waals surface area contributed by atoms with Crippen molar-refractivity contribution in [1.29, 1.82) is 0 Å². The second-order valence-electron chi connectivity index (χ2n) is 25.3. The third kappa shape index (κ3) is 21.0. The molecule has 13 atom stereocenters. The number of carbonyl (C=O) groups is 5. The summed E-state index contributed by atoms with van der Waals surface area (Å²) in [6.07, 6.45) is -58.1. The van der Waals surface area contributed by atoms with E-state index in [1.165, 1.54) is 13.8 Å². The van der Waals surface area contributed by atoms with Crippen LogP contribution in [0.25, 0.3) is 0 Å². The van der Waals surface area contributed by atoms with E-state index in [9.17, 15) is 30.8 Å². The van der Waals surface area contributed by atoms with Crippen LogP contribution in [-0.2, 0) is 55.8 Å². The maximum absolute atomic E-state index is 14.2. The molecule has 0 amide bonds. The Morgan fingerprint density at radius 3 is 0.992 bits per heavy atom. The molecule has 0 aromatic heterocycles. The number of methoxy groups -OCH3 is 10. The molecule has 0 bridgehead atoms. The second-order valence-corrected chi connectivity index (χ2v) is 25.3. The molecule has 5 saturated heterocycles. The van der Waals surface area contributed by atoms with Crippen molar-refractivity contribution in [3.8, 4) is 57.5 Å². The molecule has 0 radical (unpaired) electrons. The van der Waals surface area contributed by atoms with Gasteiger partial charge in [0.2, 0.25) is 0 Å². The van der Waals surface area contributed by atoms with Crippen LogP contribution in [0.2, 0.25) is 0 Å². The molecule has 13 unspecified atom stereocenters. The zero-order valence-corrected chi connectivity index (χ0v) is 62.2. The number of Topliss-reactive ketones (excluding diaryl/α,β-unsaturated/α-hetero) is 5. The van der Waals surface area contributed by atoms with E-state index >= 15 is 0 Å². The standard InChI is InChI=1S/3C20H29NO3.2C19H27NO3/c3*1-5-13(2)8-15-12-21-7-6-14-9-19(23-3)20(24-4)10-16(14)17(21)11-18(15)22;2*1-12(2)7-14-11-20-6-5-13-8-18(22-3)19(23-4)9-15(13)16(20)10-17(14)21/h3*9-10,13,15,17H,5-8,11-12H2,1-4H3;2*8-9,12,14,16H,5-7,10-11H2,1-4H3/i2D3,3D3,4D3,5D2,6D2,7D2,8D2,9D,10D,11D2,12D2,13D,15D,17D;2D3,3D3,4D3,5D2,6D2,7D2,8D2,9D,10D,11D2,13D,15D,17D;2D3,3D3,4D3,5D2,6D2,7D2,8D2,9D,10D,12D2,13D,17D;3D3,4D3,5D2,6D2,8D,9D,10D2,11D2,14D,16D;3D3,4D3,5D2,6D2,8D,9D,11D2,16D. The van der Waals surface area contributed by atoms with Crippen molar-refractivity contribution in [2.45, 2.75) is 214 Å². The van der Waals surface area contributed by atoms with Crippen molar-refractivity contribution in [1.82, 2.24) is 24.5 Å². The van der Waals surface area contributed by atoms with Gasteiger partial charge in [0.05, 0.1) is 132 Å². The van der Waals surface area contributed by atoms with Crippen LogP contribution in [0.15, 0.2) is 60.4 Å². The maximum Gasteiger partial charge on any atom is 0.161 e. The zero-order valence-electron chi connectivity index (χ0n) is 168. The van der Waals surface area contributed by atoms with Gasteiger partial charge in [-0.3, -0.25) is 48.5 Å². The van der Waals surface area contributed by atoms with Crippen LogP contribution in [-0.4, -0.2) is 189 Å².